The quantitative estimate of drug-likeness (QED) is 0.378. The summed E-state index contributed by atoms with van der Waals surface area (Å²) < 4.78 is 17.5. The Kier molecular flexibility index (Phi) is 8.25. The van der Waals surface area contributed by atoms with Crippen LogP contribution in [0.5, 0.6) is 11.5 Å². The maximum Gasteiger partial charge on any atom is 0.338 e. The van der Waals surface area contributed by atoms with E-state index in [0.29, 0.717) is 31.9 Å². The highest BCUT2D eigenvalue weighted by Gasteiger charge is 2.33. The van der Waals surface area contributed by atoms with Gasteiger partial charge in [0.05, 0.1) is 51.6 Å². The molecule has 198 valence electrons. The molecule has 0 bridgehead atoms. The Hall–Kier alpha value is -3.60. The van der Waals surface area contributed by atoms with Gasteiger partial charge < -0.3 is 24.1 Å². The van der Waals surface area contributed by atoms with Gasteiger partial charge in [-0.15, -0.1) is 0 Å². The lowest BCUT2D eigenvalue weighted by Crippen LogP contribution is -2.39. The minimum atomic E-state index is -1.43. The van der Waals surface area contributed by atoms with Gasteiger partial charge in [-0.1, -0.05) is 46.7 Å². The summed E-state index contributed by atoms with van der Waals surface area (Å²) in [4.78, 5) is 42.4. The second kappa shape index (κ2) is 11.4. The van der Waals surface area contributed by atoms with Gasteiger partial charge in [0.25, 0.3) is 5.56 Å². The van der Waals surface area contributed by atoms with Crippen molar-refractivity contribution in [2.45, 2.75) is 19.9 Å². The number of carboxylic acid groups (broad SMARTS) is 1. The number of thiazole rings is 1. The van der Waals surface area contributed by atoms with Crippen molar-refractivity contribution in [1.82, 2.24) is 4.57 Å². The van der Waals surface area contributed by atoms with Crippen LogP contribution < -0.4 is 29.5 Å². The zero-order valence-corrected chi connectivity index (χ0v) is 22.8. The standard InChI is InChI=1S/C26H22Cl2N2O7S/c1-4-36-25(34)21-13(2)29-26-30(22(21)15-6-5-7-16(11-15)35-3)24(33)19(38-26)10-14-8-17(27)23(18(28)9-14)37-12-20(31)32/h5-11,22H,4,12H2,1-3H3,(H,31,32)/p-1/b19-10-/t22-/m0/s1. The molecule has 0 saturated heterocycles. The van der Waals surface area contributed by atoms with E-state index in [1.807, 2.05) is 0 Å². The third kappa shape index (κ3) is 5.47. The molecule has 4 rings (SSSR count). The van der Waals surface area contributed by atoms with Crippen LogP contribution in [0.4, 0.5) is 0 Å². The number of benzene rings is 2. The molecule has 1 atom stereocenters. The lowest BCUT2D eigenvalue weighted by atomic mass is 9.95. The highest BCUT2D eigenvalue weighted by Crippen LogP contribution is 2.35. The summed E-state index contributed by atoms with van der Waals surface area (Å²) in [5, 5.41) is 10.8. The van der Waals surface area contributed by atoms with Gasteiger partial charge in [-0.2, -0.15) is 0 Å². The van der Waals surface area contributed by atoms with Gasteiger partial charge in [-0.05, 0) is 55.3 Å². The van der Waals surface area contributed by atoms with Crippen LogP contribution in [0.15, 0.2) is 57.5 Å². The number of carboxylic acids is 1. The van der Waals surface area contributed by atoms with Crippen molar-refractivity contribution in [2.24, 2.45) is 4.99 Å². The first-order valence-corrected chi connectivity index (χ1v) is 12.9. The summed E-state index contributed by atoms with van der Waals surface area (Å²) in [6.07, 6.45) is 1.58. The summed E-state index contributed by atoms with van der Waals surface area (Å²) >= 11 is 13.6. The predicted molar refractivity (Wildman–Crippen MR) is 140 cm³/mol. The monoisotopic (exact) mass is 575 g/mol. The highest BCUT2D eigenvalue weighted by atomic mass is 35.5. The molecule has 9 nitrogen and oxygen atoms in total. The van der Waals surface area contributed by atoms with Gasteiger partial charge in [-0.3, -0.25) is 9.36 Å². The molecule has 3 aromatic rings. The second-order valence-corrected chi connectivity index (χ2v) is 9.88. The molecule has 0 amide bonds. The van der Waals surface area contributed by atoms with E-state index in [4.69, 9.17) is 37.4 Å². The molecule has 0 unspecified atom stereocenters. The number of aromatic nitrogens is 1. The Morgan fingerprint density at radius 1 is 1.21 bits per heavy atom. The van der Waals surface area contributed by atoms with Gasteiger partial charge in [0, 0.05) is 0 Å². The molecule has 2 aromatic carbocycles. The van der Waals surface area contributed by atoms with E-state index in [-0.39, 0.29) is 33.5 Å². The van der Waals surface area contributed by atoms with Gasteiger partial charge in [0.2, 0.25) is 0 Å². The fraction of sp³-hybridized carbons (Fsp3) is 0.231. The number of allylic oxidation sites excluding steroid dienone is 1. The number of carbonyl (C=O) groups excluding carboxylic acids is 2. The number of hydrogen-bond donors (Lipinski definition) is 0. The molecule has 0 fully saturated rings. The molecule has 0 aliphatic carbocycles. The fourth-order valence-corrected chi connectivity index (χ4v) is 5.66. The number of ether oxygens (including phenoxy) is 3. The minimum absolute atomic E-state index is 0.0103. The normalized spacial score (nSPS) is 15.1. The smallest absolute Gasteiger partial charge is 0.338 e. The van der Waals surface area contributed by atoms with Crippen molar-refractivity contribution >= 4 is 52.6 Å². The van der Waals surface area contributed by atoms with Crippen molar-refractivity contribution in [3.05, 3.63) is 88.5 Å². The molecule has 38 heavy (non-hydrogen) atoms. The lowest BCUT2D eigenvalue weighted by molar-refractivity contribution is -0.307. The summed E-state index contributed by atoms with van der Waals surface area (Å²) in [6.45, 7) is 2.84. The molecule has 0 spiro atoms. The van der Waals surface area contributed by atoms with Crippen molar-refractivity contribution < 1.29 is 28.9 Å². The molecular weight excluding hydrogens is 555 g/mol. The zero-order valence-electron chi connectivity index (χ0n) is 20.4. The van der Waals surface area contributed by atoms with Gasteiger partial charge in [0.15, 0.2) is 10.6 Å². The highest BCUT2D eigenvalue weighted by molar-refractivity contribution is 7.07. The number of esters is 1. The molecule has 2 heterocycles. The number of fused-ring (bicyclic) bond motifs is 1. The van der Waals surface area contributed by atoms with Crippen LogP contribution in [-0.4, -0.2) is 36.8 Å². The predicted octanol–water partition coefficient (Wildman–Crippen LogP) is 2.24. The van der Waals surface area contributed by atoms with E-state index < -0.39 is 24.6 Å². The molecule has 0 N–H and O–H groups in total. The van der Waals surface area contributed by atoms with Crippen LogP contribution >= 0.6 is 34.5 Å². The number of halogens is 2. The number of carbonyl (C=O) groups is 2. The number of hydrogen-bond acceptors (Lipinski definition) is 9. The number of methoxy groups -OCH3 is 1. The van der Waals surface area contributed by atoms with E-state index in [2.05, 4.69) is 4.99 Å². The lowest BCUT2D eigenvalue weighted by Gasteiger charge is -2.25. The number of nitrogens with zero attached hydrogens (tertiary/aromatic N) is 2. The SMILES string of the molecule is CCOC(=O)C1=C(C)N=c2s/c(=C\c3cc(Cl)c(OCC(=O)[O-])c(Cl)c3)c(=O)n2[C@H]1c1cccc(OC)c1. The largest absolute Gasteiger partial charge is 0.546 e. The van der Waals surface area contributed by atoms with Gasteiger partial charge in [0.1, 0.15) is 12.4 Å². The summed E-state index contributed by atoms with van der Waals surface area (Å²) in [5.41, 5.74) is 1.42. The first-order chi connectivity index (χ1) is 18.1. The third-order valence-corrected chi connectivity index (χ3v) is 7.12. The van der Waals surface area contributed by atoms with Crippen LogP contribution in [-0.2, 0) is 14.3 Å². The van der Waals surface area contributed by atoms with Gasteiger partial charge in [-0.25, -0.2) is 9.79 Å². The van der Waals surface area contributed by atoms with Crippen molar-refractivity contribution in [3.63, 3.8) is 0 Å². The maximum atomic E-state index is 13.7. The van der Waals surface area contributed by atoms with Crippen LogP contribution in [0.25, 0.3) is 6.08 Å². The van der Waals surface area contributed by atoms with Crippen molar-refractivity contribution in [1.29, 1.82) is 0 Å². The summed E-state index contributed by atoms with van der Waals surface area (Å²) in [5.74, 6) is -1.44. The van der Waals surface area contributed by atoms with Crippen LogP contribution in [0, 0.1) is 0 Å². The minimum Gasteiger partial charge on any atom is -0.546 e. The van der Waals surface area contributed by atoms with E-state index in [1.54, 1.807) is 44.2 Å². The third-order valence-electron chi connectivity index (χ3n) is 5.58. The summed E-state index contributed by atoms with van der Waals surface area (Å²) in [6, 6.07) is 9.28. The number of rotatable bonds is 8. The summed E-state index contributed by atoms with van der Waals surface area (Å²) in [7, 11) is 1.53. The molecule has 0 saturated carbocycles. The topological polar surface area (TPSA) is 119 Å². The van der Waals surface area contributed by atoms with Crippen LogP contribution in [0.2, 0.25) is 10.0 Å². The second-order valence-electron chi connectivity index (χ2n) is 8.05. The average Bonchev–Trinajstić information content (AvgIpc) is 3.16. The van der Waals surface area contributed by atoms with Crippen molar-refractivity contribution in [3.8, 4) is 11.5 Å². The Labute approximate surface area is 230 Å². The Balaban J connectivity index is 1.88. The van der Waals surface area contributed by atoms with E-state index >= 15 is 0 Å². The Morgan fingerprint density at radius 3 is 2.55 bits per heavy atom. The van der Waals surface area contributed by atoms with Crippen LogP contribution in [0.3, 0.4) is 0 Å². The van der Waals surface area contributed by atoms with E-state index in [0.717, 1.165) is 11.3 Å². The first kappa shape index (κ1) is 27.4. The van der Waals surface area contributed by atoms with E-state index in [1.165, 1.54) is 23.8 Å². The zero-order chi connectivity index (χ0) is 27.6. The molecule has 1 aliphatic rings. The molecule has 0 radical (unpaired) electrons. The fourth-order valence-electron chi connectivity index (χ4n) is 4.00. The molecular formula is C26H21Cl2N2O7S-. The number of aliphatic carboxylic acids is 1. The Morgan fingerprint density at radius 2 is 1.92 bits per heavy atom. The van der Waals surface area contributed by atoms with Crippen molar-refractivity contribution in [2.75, 3.05) is 20.3 Å². The molecule has 1 aliphatic heterocycles. The molecule has 12 heteroatoms. The average molecular weight is 576 g/mol. The van der Waals surface area contributed by atoms with E-state index in [9.17, 15) is 19.5 Å². The molecule has 1 aromatic heterocycles. The Bertz CT molecular complexity index is 1620. The maximum absolute atomic E-state index is 13.7. The first-order valence-electron chi connectivity index (χ1n) is 11.3. The van der Waals surface area contributed by atoms with Crippen LogP contribution in [0.1, 0.15) is 31.0 Å². The van der Waals surface area contributed by atoms with Gasteiger partial charge >= 0.3 is 5.97 Å².